The third-order valence-corrected chi connectivity index (χ3v) is 5.23. The monoisotopic (exact) mass is 442 g/mol. The number of aryl methyl sites for hydroxylation is 1. The number of nitrogens with zero attached hydrogens (tertiary/aromatic N) is 3. The van der Waals surface area contributed by atoms with Crippen LogP contribution in [0.4, 0.5) is 15.8 Å². The summed E-state index contributed by atoms with van der Waals surface area (Å²) in [5, 5.41) is 6.84. The fourth-order valence-corrected chi connectivity index (χ4v) is 3.51. The molecule has 33 heavy (non-hydrogen) atoms. The maximum atomic E-state index is 14.2. The molecule has 0 saturated heterocycles. The molecule has 0 spiro atoms. The highest BCUT2D eigenvalue weighted by atomic mass is 19.1. The lowest BCUT2D eigenvalue weighted by Gasteiger charge is -2.20. The normalized spacial score (nSPS) is 10.6. The van der Waals surface area contributed by atoms with Crippen LogP contribution in [0.5, 0.6) is 0 Å². The van der Waals surface area contributed by atoms with E-state index in [0.29, 0.717) is 11.4 Å². The van der Waals surface area contributed by atoms with Crippen LogP contribution in [0, 0.1) is 12.7 Å². The van der Waals surface area contributed by atoms with E-state index in [4.69, 9.17) is 0 Å². The maximum Gasteiger partial charge on any atom is 0.280 e. The molecule has 1 aromatic heterocycles. The van der Waals surface area contributed by atoms with Gasteiger partial charge in [-0.15, -0.1) is 0 Å². The lowest BCUT2D eigenvalue weighted by atomic mass is 10.2. The summed E-state index contributed by atoms with van der Waals surface area (Å²) in [6, 6.07) is 24.7. The lowest BCUT2D eigenvalue weighted by Crippen LogP contribution is -2.27. The highest BCUT2D eigenvalue weighted by molar-refractivity contribution is 6.02. The van der Waals surface area contributed by atoms with Crippen LogP contribution >= 0.6 is 0 Å². The Bertz CT molecular complexity index is 1330. The van der Waals surface area contributed by atoms with E-state index in [1.807, 2.05) is 37.4 Å². The van der Waals surface area contributed by atoms with Gasteiger partial charge in [-0.1, -0.05) is 42.5 Å². The Morgan fingerprint density at radius 3 is 2.36 bits per heavy atom. The summed E-state index contributed by atoms with van der Waals surface area (Å²) in [7, 11) is 1.99. The molecule has 1 heterocycles. The van der Waals surface area contributed by atoms with Crippen molar-refractivity contribution in [1.29, 1.82) is 0 Å². The van der Waals surface area contributed by atoms with E-state index in [9.17, 15) is 14.0 Å². The molecule has 1 amide bonds. The summed E-state index contributed by atoms with van der Waals surface area (Å²) in [6.07, 6.45) is 0. The third kappa shape index (κ3) is 4.98. The molecule has 0 atom stereocenters. The summed E-state index contributed by atoms with van der Waals surface area (Å²) in [6.45, 7) is 2.38. The highest BCUT2D eigenvalue weighted by Crippen LogP contribution is 2.19. The average molecular weight is 442 g/mol. The molecule has 7 heteroatoms. The Balaban J connectivity index is 1.52. The number of hydrogen-bond donors (Lipinski definition) is 1. The van der Waals surface area contributed by atoms with Crippen molar-refractivity contribution in [2.75, 3.05) is 17.3 Å². The number of para-hydroxylation sites is 1. The second-order valence-corrected chi connectivity index (χ2v) is 7.70. The first-order valence-electron chi connectivity index (χ1n) is 10.4. The van der Waals surface area contributed by atoms with Crippen LogP contribution in [0.2, 0.25) is 0 Å². The van der Waals surface area contributed by atoms with Gasteiger partial charge in [-0.25, -0.2) is 9.07 Å². The van der Waals surface area contributed by atoms with Gasteiger partial charge in [-0.3, -0.25) is 9.59 Å². The van der Waals surface area contributed by atoms with Crippen molar-refractivity contribution in [3.05, 3.63) is 118 Å². The van der Waals surface area contributed by atoms with E-state index in [-0.39, 0.29) is 11.4 Å². The average Bonchev–Trinajstić information content (AvgIpc) is 2.81. The molecule has 6 nitrogen and oxygen atoms in total. The first kappa shape index (κ1) is 22.0. The fraction of sp³-hybridized carbons (Fsp3) is 0.115. The second kappa shape index (κ2) is 9.48. The SMILES string of the molecule is Cc1cc(=O)c(C(=O)Nc2ccc(N(C)Cc3ccccc3)cc2)nn1-c1ccccc1F. The van der Waals surface area contributed by atoms with Gasteiger partial charge in [0.05, 0.1) is 0 Å². The minimum absolute atomic E-state index is 0.162. The Hall–Kier alpha value is -4.26. The number of carbonyl (C=O) groups is 1. The molecule has 3 aromatic carbocycles. The fourth-order valence-electron chi connectivity index (χ4n) is 3.51. The molecule has 0 fully saturated rings. The summed E-state index contributed by atoms with van der Waals surface area (Å²) in [5.74, 6) is -1.16. The number of halogens is 1. The number of hydrogen-bond acceptors (Lipinski definition) is 4. The quantitative estimate of drug-likeness (QED) is 0.475. The largest absolute Gasteiger partial charge is 0.370 e. The van der Waals surface area contributed by atoms with E-state index in [1.54, 1.807) is 31.2 Å². The van der Waals surface area contributed by atoms with Crippen LogP contribution < -0.4 is 15.6 Å². The summed E-state index contributed by atoms with van der Waals surface area (Å²) in [4.78, 5) is 27.3. The minimum Gasteiger partial charge on any atom is -0.370 e. The predicted molar refractivity (Wildman–Crippen MR) is 127 cm³/mol. The topological polar surface area (TPSA) is 67.2 Å². The maximum absolute atomic E-state index is 14.2. The van der Waals surface area contributed by atoms with E-state index in [1.165, 1.54) is 28.4 Å². The van der Waals surface area contributed by atoms with Gasteiger partial charge in [0.2, 0.25) is 5.43 Å². The molecule has 4 aromatic rings. The lowest BCUT2D eigenvalue weighted by molar-refractivity contribution is 0.101. The van der Waals surface area contributed by atoms with Crippen molar-refractivity contribution < 1.29 is 9.18 Å². The van der Waals surface area contributed by atoms with Gasteiger partial charge in [-0.05, 0) is 48.9 Å². The van der Waals surface area contributed by atoms with Gasteiger partial charge in [-0.2, -0.15) is 5.10 Å². The van der Waals surface area contributed by atoms with Crippen LogP contribution in [-0.2, 0) is 6.54 Å². The molecule has 0 radical (unpaired) electrons. The standard InChI is InChI=1S/C26H23FN4O2/c1-18-16-24(32)25(29-31(18)23-11-7-6-10-22(23)27)26(33)28-20-12-14-21(15-13-20)30(2)17-19-8-4-3-5-9-19/h3-16H,17H2,1-2H3,(H,28,33). The van der Waals surface area contributed by atoms with Crippen molar-refractivity contribution in [2.45, 2.75) is 13.5 Å². The minimum atomic E-state index is -0.657. The first-order chi connectivity index (χ1) is 15.9. The molecule has 0 bridgehead atoms. The van der Waals surface area contributed by atoms with Gasteiger partial charge in [0.1, 0.15) is 11.5 Å². The Kier molecular flexibility index (Phi) is 6.31. The van der Waals surface area contributed by atoms with E-state index < -0.39 is 17.2 Å². The molecular formula is C26H23FN4O2. The van der Waals surface area contributed by atoms with Crippen molar-refractivity contribution in [1.82, 2.24) is 9.78 Å². The highest BCUT2D eigenvalue weighted by Gasteiger charge is 2.17. The smallest absolute Gasteiger partial charge is 0.280 e. The first-order valence-corrected chi connectivity index (χ1v) is 10.4. The zero-order valence-corrected chi connectivity index (χ0v) is 18.3. The van der Waals surface area contributed by atoms with Gasteiger partial charge in [0.25, 0.3) is 5.91 Å². The second-order valence-electron chi connectivity index (χ2n) is 7.70. The number of carbonyl (C=O) groups excluding carboxylic acids is 1. The van der Waals surface area contributed by atoms with Gasteiger partial charge >= 0.3 is 0 Å². The van der Waals surface area contributed by atoms with Crippen LogP contribution in [0.1, 0.15) is 21.7 Å². The number of nitrogens with one attached hydrogen (secondary N) is 1. The van der Waals surface area contributed by atoms with E-state index in [2.05, 4.69) is 27.4 Å². The van der Waals surface area contributed by atoms with Crippen molar-refractivity contribution in [2.24, 2.45) is 0 Å². The summed E-state index contributed by atoms with van der Waals surface area (Å²) >= 11 is 0. The molecule has 0 aliphatic carbocycles. The van der Waals surface area contributed by atoms with Crippen molar-refractivity contribution >= 4 is 17.3 Å². The molecular weight excluding hydrogens is 419 g/mol. The third-order valence-electron chi connectivity index (χ3n) is 5.23. The number of amides is 1. The van der Waals surface area contributed by atoms with Gasteiger partial charge < -0.3 is 10.2 Å². The summed E-state index contributed by atoms with van der Waals surface area (Å²) in [5.41, 5.74) is 2.44. The van der Waals surface area contributed by atoms with E-state index >= 15 is 0 Å². The summed E-state index contributed by atoms with van der Waals surface area (Å²) < 4.78 is 15.5. The number of rotatable bonds is 6. The molecule has 0 aliphatic rings. The molecule has 1 N–H and O–H groups in total. The zero-order valence-electron chi connectivity index (χ0n) is 18.3. The molecule has 0 unspecified atom stereocenters. The molecule has 4 rings (SSSR count). The Labute approximate surface area is 190 Å². The van der Waals surface area contributed by atoms with Crippen LogP contribution in [-0.4, -0.2) is 22.7 Å². The molecule has 0 saturated carbocycles. The Morgan fingerprint density at radius 2 is 1.67 bits per heavy atom. The van der Waals surface area contributed by atoms with Gasteiger partial charge in [0.15, 0.2) is 5.69 Å². The zero-order chi connectivity index (χ0) is 23.4. The van der Waals surface area contributed by atoms with Crippen LogP contribution in [0.3, 0.4) is 0 Å². The molecule has 0 aliphatic heterocycles. The van der Waals surface area contributed by atoms with Crippen LogP contribution in [0.15, 0.2) is 89.7 Å². The van der Waals surface area contributed by atoms with Gasteiger partial charge in [0, 0.05) is 36.7 Å². The van der Waals surface area contributed by atoms with Crippen molar-refractivity contribution in [3.63, 3.8) is 0 Å². The predicted octanol–water partition coefficient (Wildman–Crippen LogP) is 4.57. The molecule has 166 valence electrons. The van der Waals surface area contributed by atoms with Crippen LogP contribution in [0.25, 0.3) is 5.69 Å². The number of aromatic nitrogens is 2. The number of benzene rings is 3. The van der Waals surface area contributed by atoms with Crippen molar-refractivity contribution in [3.8, 4) is 5.69 Å². The number of anilines is 2. The Morgan fingerprint density at radius 1 is 1.00 bits per heavy atom. The van der Waals surface area contributed by atoms with E-state index in [0.717, 1.165) is 12.2 Å².